The third-order valence-corrected chi connectivity index (χ3v) is 5.16. The molecule has 3 aromatic rings. The Morgan fingerprint density at radius 3 is 2.69 bits per heavy atom. The fourth-order valence-electron chi connectivity index (χ4n) is 3.07. The van der Waals surface area contributed by atoms with E-state index in [0.717, 1.165) is 18.5 Å². The van der Waals surface area contributed by atoms with Crippen molar-refractivity contribution in [3.63, 3.8) is 0 Å². The highest BCUT2D eigenvalue weighted by Gasteiger charge is 2.08. The number of benzene rings is 2. The van der Waals surface area contributed by atoms with E-state index in [9.17, 15) is 4.79 Å². The second-order valence-corrected chi connectivity index (χ2v) is 7.36. The Kier molecular flexibility index (Phi) is 6.36. The summed E-state index contributed by atoms with van der Waals surface area (Å²) in [5.74, 6) is 0.0630. The van der Waals surface area contributed by atoms with Crippen molar-refractivity contribution >= 4 is 28.6 Å². The molecule has 2 aromatic carbocycles. The first-order valence-corrected chi connectivity index (χ1v) is 10.0. The van der Waals surface area contributed by atoms with Crippen molar-refractivity contribution in [3.05, 3.63) is 65.9 Å². The Morgan fingerprint density at radius 2 is 1.92 bits per heavy atom. The normalized spacial score (nSPS) is 11.2. The van der Waals surface area contributed by atoms with Crippen LogP contribution >= 0.6 is 11.8 Å². The van der Waals surface area contributed by atoms with Crippen LogP contribution in [0.1, 0.15) is 11.1 Å². The van der Waals surface area contributed by atoms with Crippen molar-refractivity contribution in [1.29, 1.82) is 0 Å². The van der Waals surface area contributed by atoms with Crippen LogP contribution in [0, 0.1) is 0 Å². The summed E-state index contributed by atoms with van der Waals surface area (Å²) < 4.78 is 0. The van der Waals surface area contributed by atoms with Gasteiger partial charge in [-0.25, -0.2) is 0 Å². The van der Waals surface area contributed by atoms with Crippen LogP contribution in [-0.2, 0) is 17.8 Å². The predicted molar refractivity (Wildman–Crippen MR) is 110 cm³/mol. The number of amides is 1. The molecule has 136 valence electrons. The molecule has 0 fully saturated rings. The number of aromatic nitrogens is 1. The van der Waals surface area contributed by atoms with Crippen LogP contribution in [0.25, 0.3) is 10.9 Å². The lowest BCUT2D eigenvalue weighted by atomic mass is 10.1. The maximum Gasteiger partial charge on any atom is 0.234 e. The molecule has 1 amide bonds. The smallest absolute Gasteiger partial charge is 0.234 e. The zero-order chi connectivity index (χ0) is 18.4. The molecule has 0 unspecified atom stereocenters. The summed E-state index contributed by atoms with van der Waals surface area (Å²) in [6, 6.07) is 16.7. The molecular weight excluding hydrogens is 342 g/mol. The summed E-state index contributed by atoms with van der Waals surface area (Å²) in [5.41, 5.74) is 3.60. The van der Waals surface area contributed by atoms with Crippen LogP contribution in [0.5, 0.6) is 0 Å². The molecule has 0 saturated carbocycles. The number of nitrogens with one attached hydrogen (secondary N) is 2. The van der Waals surface area contributed by atoms with Gasteiger partial charge in [0, 0.05) is 35.1 Å². The molecule has 1 heterocycles. The Morgan fingerprint density at radius 1 is 1.15 bits per heavy atom. The number of hydrogen-bond donors (Lipinski definition) is 2. The number of aromatic amines is 1. The highest BCUT2D eigenvalue weighted by Crippen LogP contribution is 2.18. The van der Waals surface area contributed by atoms with E-state index in [2.05, 4.69) is 53.0 Å². The number of nitrogens with zero attached hydrogens (tertiary/aromatic N) is 1. The Hall–Kier alpha value is -2.24. The average molecular weight is 368 g/mol. The van der Waals surface area contributed by atoms with Gasteiger partial charge in [-0.15, -0.1) is 11.8 Å². The molecule has 2 N–H and O–H groups in total. The molecule has 0 aliphatic carbocycles. The van der Waals surface area contributed by atoms with Gasteiger partial charge >= 0.3 is 0 Å². The molecule has 3 rings (SSSR count). The SMILES string of the molecule is CSc1ccc(CN(C)CC(=O)NCCc2c[nH]c3ccccc23)cc1. The van der Waals surface area contributed by atoms with Crippen LogP contribution in [0.2, 0.25) is 0 Å². The third-order valence-electron chi connectivity index (χ3n) is 4.42. The van der Waals surface area contributed by atoms with Gasteiger partial charge in [0.25, 0.3) is 0 Å². The highest BCUT2D eigenvalue weighted by atomic mass is 32.2. The number of H-pyrrole nitrogens is 1. The van der Waals surface area contributed by atoms with E-state index in [0.29, 0.717) is 13.1 Å². The first-order valence-electron chi connectivity index (χ1n) is 8.79. The molecule has 5 heteroatoms. The van der Waals surface area contributed by atoms with Gasteiger partial charge in [0.2, 0.25) is 5.91 Å². The fourth-order valence-corrected chi connectivity index (χ4v) is 3.48. The van der Waals surface area contributed by atoms with Crippen molar-refractivity contribution < 1.29 is 4.79 Å². The van der Waals surface area contributed by atoms with E-state index in [1.165, 1.54) is 21.4 Å². The van der Waals surface area contributed by atoms with Crippen LogP contribution < -0.4 is 5.32 Å². The molecule has 4 nitrogen and oxygen atoms in total. The lowest BCUT2D eigenvalue weighted by Gasteiger charge is -2.16. The van der Waals surface area contributed by atoms with Gasteiger partial charge in [-0.3, -0.25) is 9.69 Å². The van der Waals surface area contributed by atoms with Gasteiger partial charge in [-0.1, -0.05) is 30.3 Å². The quantitative estimate of drug-likeness (QED) is 0.597. The second-order valence-electron chi connectivity index (χ2n) is 6.48. The minimum atomic E-state index is 0.0630. The Balaban J connectivity index is 1.43. The number of hydrogen-bond acceptors (Lipinski definition) is 3. The Bertz CT molecular complexity index is 857. The number of rotatable bonds is 8. The van der Waals surface area contributed by atoms with Gasteiger partial charge in [0.15, 0.2) is 0 Å². The monoisotopic (exact) mass is 367 g/mol. The zero-order valence-corrected chi connectivity index (χ0v) is 16.1. The van der Waals surface area contributed by atoms with Gasteiger partial charge < -0.3 is 10.3 Å². The lowest BCUT2D eigenvalue weighted by Crippen LogP contribution is -2.35. The van der Waals surface area contributed by atoms with Crippen LogP contribution in [0.4, 0.5) is 0 Å². The van der Waals surface area contributed by atoms with Gasteiger partial charge in [0.1, 0.15) is 0 Å². The number of thioether (sulfide) groups is 1. The molecule has 0 aliphatic rings. The van der Waals surface area contributed by atoms with Gasteiger partial charge in [0.05, 0.1) is 6.54 Å². The maximum absolute atomic E-state index is 12.2. The van der Waals surface area contributed by atoms with Gasteiger partial charge in [-0.05, 0) is 49.1 Å². The summed E-state index contributed by atoms with van der Waals surface area (Å²) in [6.45, 7) is 1.82. The van der Waals surface area contributed by atoms with E-state index < -0.39 is 0 Å². The minimum absolute atomic E-state index is 0.0630. The number of fused-ring (bicyclic) bond motifs is 1. The molecule has 0 saturated heterocycles. The van der Waals surface area contributed by atoms with Crippen molar-refractivity contribution in [1.82, 2.24) is 15.2 Å². The lowest BCUT2D eigenvalue weighted by molar-refractivity contribution is -0.122. The van der Waals surface area contributed by atoms with Gasteiger partial charge in [-0.2, -0.15) is 0 Å². The molecule has 0 aliphatic heterocycles. The van der Waals surface area contributed by atoms with E-state index in [4.69, 9.17) is 0 Å². The fraction of sp³-hybridized carbons (Fsp3) is 0.286. The molecule has 1 aromatic heterocycles. The largest absolute Gasteiger partial charge is 0.361 e. The number of likely N-dealkylation sites (N-methyl/N-ethyl adjacent to an activating group) is 1. The molecule has 0 bridgehead atoms. The van der Waals surface area contributed by atoms with E-state index in [-0.39, 0.29) is 5.91 Å². The second kappa shape index (κ2) is 8.92. The summed E-state index contributed by atoms with van der Waals surface area (Å²) in [7, 11) is 1.97. The summed E-state index contributed by atoms with van der Waals surface area (Å²) in [4.78, 5) is 18.7. The summed E-state index contributed by atoms with van der Waals surface area (Å²) >= 11 is 1.74. The zero-order valence-electron chi connectivity index (χ0n) is 15.3. The number of carbonyl (C=O) groups excluding carboxylic acids is 1. The standard InChI is InChI=1S/C21H25N3OS/c1-24(14-16-7-9-18(26-2)10-8-16)15-21(25)22-12-11-17-13-23-20-6-4-3-5-19(17)20/h3-10,13,23H,11-12,14-15H2,1-2H3,(H,22,25). The van der Waals surface area contributed by atoms with E-state index in [1.54, 1.807) is 11.8 Å². The number of carbonyl (C=O) groups is 1. The van der Waals surface area contributed by atoms with Crippen molar-refractivity contribution in [2.24, 2.45) is 0 Å². The first kappa shape index (κ1) is 18.5. The number of para-hydroxylation sites is 1. The van der Waals surface area contributed by atoms with Crippen LogP contribution in [0.15, 0.2) is 59.6 Å². The molecule has 0 atom stereocenters. The highest BCUT2D eigenvalue weighted by molar-refractivity contribution is 7.98. The molecule has 0 radical (unpaired) electrons. The summed E-state index contributed by atoms with van der Waals surface area (Å²) in [6.07, 6.45) is 4.93. The minimum Gasteiger partial charge on any atom is -0.361 e. The van der Waals surface area contributed by atoms with Crippen molar-refractivity contribution in [3.8, 4) is 0 Å². The topological polar surface area (TPSA) is 48.1 Å². The van der Waals surface area contributed by atoms with Crippen molar-refractivity contribution in [2.45, 2.75) is 17.9 Å². The van der Waals surface area contributed by atoms with Crippen molar-refractivity contribution in [2.75, 3.05) is 26.4 Å². The first-order chi connectivity index (χ1) is 12.7. The van der Waals surface area contributed by atoms with Crippen LogP contribution in [0.3, 0.4) is 0 Å². The predicted octanol–water partition coefficient (Wildman–Crippen LogP) is 3.68. The summed E-state index contributed by atoms with van der Waals surface area (Å²) in [5, 5.41) is 4.25. The molecular formula is C21H25N3OS. The van der Waals surface area contributed by atoms with E-state index >= 15 is 0 Å². The average Bonchev–Trinajstić information content (AvgIpc) is 3.05. The maximum atomic E-state index is 12.2. The molecule has 0 spiro atoms. The van der Waals surface area contributed by atoms with E-state index in [1.807, 2.05) is 30.3 Å². The molecule has 26 heavy (non-hydrogen) atoms. The third kappa shape index (κ3) is 4.90. The van der Waals surface area contributed by atoms with Crippen LogP contribution in [-0.4, -0.2) is 42.2 Å². The Labute approximate surface area is 159 Å².